The number of thiophene rings is 1. The molecule has 406 valence electrons. The van der Waals surface area contributed by atoms with Gasteiger partial charge in [0.05, 0.1) is 11.4 Å². The van der Waals surface area contributed by atoms with Gasteiger partial charge in [0.1, 0.15) is 0 Å². The molecule has 1 atom stereocenters. The summed E-state index contributed by atoms with van der Waals surface area (Å²) in [5.41, 5.74) is 29.8. The highest BCUT2D eigenvalue weighted by molar-refractivity contribution is 7.33. The van der Waals surface area contributed by atoms with E-state index < -0.39 is 0 Å². The second-order valence-corrected chi connectivity index (χ2v) is 32.9. The zero-order valence-electron chi connectivity index (χ0n) is 50.8. The number of anilines is 6. The quantitative estimate of drug-likeness (QED) is 0.159. The average Bonchev–Trinajstić information content (AvgIpc) is 3.66. The topological polar surface area (TPSA) is 6.48 Å². The molecule has 0 spiro atoms. The summed E-state index contributed by atoms with van der Waals surface area (Å²) in [7, 11) is 0. The molecular formula is C75H87BN2S. The van der Waals surface area contributed by atoms with E-state index >= 15 is 0 Å². The van der Waals surface area contributed by atoms with Gasteiger partial charge < -0.3 is 9.80 Å². The fraction of sp³-hybridized carbons (Fsp3) is 0.493. The minimum absolute atomic E-state index is 0.0145. The maximum atomic E-state index is 2.89. The third kappa shape index (κ3) is 7.07. The predicted octanol–water partition coefficient (Wildman–Crippen LogP) is 19.4. The minimum atomic E-state index is -0.135. The van der Waals surface area contributed by atoms with E-state index in [1.807, 2.05) is 0 Å². The number of hydrogen-bond donors (Lipinski definition) is 0. The molecule has 15 rings (SSSR count). The van der Waals surface area contributed by atoms with Gasteiger partial charge in [0.25, 0.3) is 6.71 Å². The van der Waals surface area contributed by atoms with Crippen molar-refractivity contribution in [1.82, 2.24) is 0 Å². The summed E-state index contributed by atoms with van der Waals surface area (Å²) < 4.78 is 2.97. The van der Waals surface area contributed by atoms with Crippen molar-refractivity contribution >= 4 is 78.0 Å². The first-order chi connectivity index (χ1) is 37.2. The van der Waals surface area contributed by atoms with Crippen LogP contribution in [0.2, 0.25) is 0 Å². The van der Waals surface area contributed by atoms with Crippen LogP contribution in [0.3, 0.4) is 0 Å². The van der Waals surface area contributed by atoms with Gasteiger partial charge >= 0.3 is 0 Å². The molecule has 6 aromatic carbocycles. The van der Waals surface area contributed by atoms with Crippen molar-refractivity contribution in [3.8, 4) is 11.1 Å². The molecule has 0 N–H and O–H groups in total. The lowest BCUT2D eigenvalue weighted by Crippen LogP contribution is -2.61. The van der Waals surface area contributed by atoms with E-state index in [9.17, 15) is 0 Å². The molecule has 7 aromatic rings. The molecule has 0 saturated heterocycles. The number of rotatable bonds is 2. The molecule has 4 heterocycles. The summed E-state index contributed by atoms with van der Waals surface area (Å²) in [6.45, 7) is 38.0. The Labute approximate surface area is 479 Å². The Bertz CT molecular complexity index is 3810. The van der Waals surface area contributed by atoms with Crippen LogP contribution in [0.15, 0.2) is 91.0 Å². The Kier molecular flexibility index (Phi) is 10.4. The maximum Gasteiger partial charge on any atom is 0.264 e. The van der Waals surface area contributed by atoms with E-state index in [2.05, 4.69) is 216 Å². The largest absolute Gasteiger partial charge is 0.311 e. The summed E-state index contributed by atoms with van der Waals surface area (Å²) in [6, 6.07) is 39.8. The standard InChI is InChI=1S/C75H87BN2S/c1-68(2)26-27-69(3,4)52-37-48(24-25-51(52)68)77-62-35-46(44-20-17-16-18-21-44)36-63-65(62)76(67-66(77)50-39-54-57(43-64(50)79-67)73(11,12)31-29-71(54,7)8)59-40-55-58-42-61(59)78(63)60-41-56-53(70(5,6)28-30-72(56,9)10)38-49(60)45-22-19-23-47(34-45)75(58,15)33-32-74(55,13)14/h19,22-25,34-44H,16-18,20-21,26-33H2,1-15H3. The highest BCUT2D eigenvalue weighted by Gasteiger charge is 2.52. The molecule has 4 bridgehead atoms. The lowest BCUT2D eigenvalue weighted by Gasteiger charge is -2.49. The summed E-state index contributed by atoms with van der Waals surface area (Å²) in [5.74, 6) is 0.517. The van der Waals surface area contributed by atoms with E-state index in [4.69, 9.17) is 0 Å². The van der Waals surface area contributed by atoms with Gasteiger partial charge in [-0.2, -0.15) is 0 Å². The van der Waals surface area contributed by atoms with Gasteiger partial charge in [-0.25, -0.2) is 0 Å². The van der Waals surface area contributed by atoms with Crippen molar-refractivity contribution in [2.24, 2.45) is 0 Å². The van der Waals surface area contributed by atoms with Crippen LogP contribution < -0.4 is 25.5 Å². The SMILES string of the molecule is CC1(C)CCC(C)(C)c2cc(N3c4cc(C5CCCCC5)cc5c4B(c4cc6c7cc4N5c4cc5c(cc4-c4cccc(c4)C7(C)CCC6(C)C)C(C)(C)CCC5(C)C)c4sc5cc6c(cc5c43)C(C)(C)CCC6(C)C)ccc21. The number of hydrogen-bond acceptors (Lipinski definition) is 3. The van der Waals surface area contributed by atoms with Gasteiger partial charge in [-0.3, -0.25) is 0 Å². The van der Waals surface area contributed by atoms with Gasteiger partial charge in [-0.05, 0) is 235 Å². The molecule has 8 aliphatic rings. The zero-order valence-corrected chi connectivity index (χ0v) is 51.6. The van der Waals surface area contributed by atoms with Gasteiger partial charge in [0.15, 0.2) is 0 Å². The van der Waals surface area contributed by atoms with Gasteiger partial charge in [-0.1, -0.05) is 160 Å². The summed E-state index contributed by atoms with van der Waals surface area (Å²) in [5, 5.41) is 1.45. The second-order valence-electron chi connectivity index (χ2n) is 31.8. The normalized spacial score (nSPS) is 24.4. The van der Waals surface area contributed by atoms with Crippen molar-refractivity contribution < 1.29 is 0 Å². The lowest BCUT2D eigenvalue weighted by molar-refractivity contribution is 0.332. The highest BCUT2D eigenvalue weighted by Crippen LogP contribution is 2.60. The molecule has 0 amide bonds. The fourth-order valence-corrected chi connectivity index (χ4v) is 19.1. The number of benzene rings is 6. The van der Waals surface area contributed by atoms with Crippen LogP contribution in [0.5, 0.6) is 0 Å². The van der Waals surface area contributed by atoms with E-state index in [0.29, 0.717) is 5.92 Å². The molecule has 79 heavy (non-hydrogen) atoms. The van der Waals surface area contributed by atoms with Crippen molar-refractivity contribution in [3.63, 3.8) is 0 Å². The van der Waals surface area contributed by atoms with Crippen LogP contribution >= 0.6 is 11.3 Å². The molecule has 5 aliphatic carbocycles. The van der Waals surface area contributed by atoms with Gasteiger partial charge in [0, 0.05) is 48.6 Å². The van der Waals surface area contributed by atoms with Crippen molar-refractivity contribution in [3.05, 3.63) is 147 Å². The van der Waals surface area contributed by atoms with Crippen LogP contribution in [0.25, 0.3) is 21.2 Å². The molecule has 1 fully saturated rings. The maximum absolute atomic E-state index is 2.89. The average molecular weight is 1060 g/mol. The molecule has 3 aliphatic heterocycles. The summed E-state index contributed by atoms with van der Waals surface area (Å²) in [4.78, 5) is 5.76. The van der Waals surface area contributed by atoms with Gasteiger partial charge in [-0.15, -0.1) is 11.3 Å². The first kappa shape index (κ1) is 50.9. The minimum Gasteiger partial charge on any atom is -0.311 e. The van der Waals surface area contributed by atoms with Crippen LogP contribution in [-0.2, 0) is 43.3 Å². The Morgan fingerprint density at radius 3 is 1.62 bits per heavy atom. The molecule has 0 radical (unpaired) electrons. The van der Waals surface area contributed by atoms with Crippen molar-refractivity contribution in [2.45, 2.75) is 237 Å². The van der Waals surface area contributed by atoms with Crippen LogP contribution in [0.1, 0.15) is 249 Å². The second kappa shape index (κ2) is 16.1. The summed E-state index contributed by atoms with van der Waals surface area (Å²) >= 11 is 2.13. The highest BCUT2D eigenvalue weighted by atomic mass is 32.1. The van der Waals surface area contributed by atoms with E-state index in [1.54, 1.807) is 16.7 Å². The zero-order chi connectivity index (χ0) is 55.1. The van der Waals surface area contributed by atoms with E-state index in [1.165, 1.54) is 181 Å². The monoisotopic (exact) mass is 1060 g/mol. The number of nitrogens with zero attached hydrogens (tertiary/aromatic N) is 2. The molecular weight excluding hydrogens is 972 g/mol. The Morgan fingerprint density at radius 2 is 0.975 bits per heavy atom. The van der Waals surface area contributed by atoms with Gasteiger partial charge in [0.2, 0.25) is 0 Å². The third-order valence-corrected chi connectivity index (χ3v) is 24.8. The Hall–Kier alpha value is -5.06. The lowest BCUT2D eigenvalue weighted by atomic mass is 9.35. The summed E-state index contributed by atoms with van der Waals surface area (Å²) in [6.07, 6.45) is 15.9. The fourth-order valence-electron chi connectivity index (χ4n) is 17.7. The van der Waals surface area contributed by atoms with Crippen LogP contribution in [0.4, 0.5) is 34.1 Å². The Morgan fingerprint density at radius 1 is 0.443 bits per heavy atom. The van der Waals surface area contributed by atoms with Crippen molar-refractivity contribution in [2.75, 3.05) is 9.80 Å². The molecule has 4 heteroatoms. The third-order valence-electron chi connectivity index (χ3n) is 23.6. The number of fused-ring (bicyclic) bond motifs is 15. The first-order valence-corrected chi connectivity index (χ1v) is 32.0. The van der Waals surface area contributed by atoms with Crippen LogP contribution in [-0.4, -0.2) is 6.71 Å². The van der Waals surface area contributed by atoms with Crippen LogP contribution in [0, 0.1) is 0 Å². The predicted molar refractivity (Wildman–Crippen MR) is 342 cm³/mol. The van der Waals surface area contributed by atoms with E-state index in [0.717, 1.165) is 12.8 Å². The molecule has 1 saturated carbocycles. The van der Waals surface area contributed by atoms with Crippen molar-refractivity contribution in [1.29, 1.82) is 0 Å². The smallest absolute Gasteiger partial charge is 0.264 e. The molecule has 1 aromatic heterocycles. The van der Waals surface area contributed by atoms with E-state index in [-0.39, 0.29) is 50.0 Å². The molecule has 1 unspecified atom stereocenters. The first-order valence-electron chi connectivity index (χ1n) is 31.2. The Balaban J connectivity index is 1.12. The molecule has 2 nitrogen and oxygen atoms in total.